The van der Waals surface area contributed by atoms with Crippen LogP contribution in [0.5, 0.6) is 5.75 Å². The zero-order valence-corrected chi connectivity index (χ0v) is 21.2. The first-order valence-corrected chi connectivity index (χ1v) is 12.7. The molecule has 0 radical (unpaired) electrons. The third-order valence-electron chi connectivity index (χ3n) is 6.05. The van der Waals surface area contributed by atoms with Gasteiger partial charge in [0.15, 0.2) is 5.11 Å². The Labute approximate surface area is 217 Å². The van der Waals surface area contributed by atoms with Gasteiger partial charge in [0.05, 0.1) is 31.5 Å². The quantitative estimate of drug-likeness (QED) is 0.201. The predicted molar refractivity (Wildman–Crippen MR) is 144 cm³/mol. The number of nitrogens with zero attached hydrogens (tertiary/aromatic N) is 2. The number of amides is 2. The summed E-state index contributed by atoms with van der Waals surface area (Å²) in [6, 6.07) is 19.4. The summed E-state index contributed by atoms with van der Waals surface area (Å²) in [6.45, 7) is 3.08. The SMILES string of the molecule is CCCCCCOc1ccc(N2C(=O)CC(N(Cc3ccco3)C(=S)Nc3ccccc3)C2=O)cc1. The normalized spacial score (nSPS) is 15.2. The van der Waals surface area contributed by atoms with E-state index < -0.39 is 6.04 Å². The predicted octanol–water partition coefficient (Wildman–Crippen LogP) is 5.77. The number of imide groups is 1. The van der Waals surface area contributed by atoms with Gasteiger partial charge in [-0.15, -0.1) is 0 Å². The molecule has 1 unspecified atom stereocenters. The molecule has 0 saturated carbocycles. The van der Waals surface area contributed by atoms with Crippen LogP contribution in [-0.2, 0) is 16.1 Å². The van der Waals surface area contributed by atoms with Crippen LogP contribution in [0.3, 0.4) is 0 Å². The number of hydrogen-bond donors (Lipinski definition) is 1. The molecule has 188 valence electrons. The lowest BCUT2D eigenvalue weighted by Gasteiger charge is -2.29. The molecular weight excluding hydrogens is 474 g/mol. The summed E-state index contributed by atoms with van der Waals surface area (Å²) in [7, 11) is 0. The molecule has 1 aliphatic rings. The van der Waals surface area contributed by atoms with Crippen LogP contribution in [0.25, 0.3) is 0 Å². The highest BCUT2D eigenvalue weighted by molar-refractivity contribution is 7.80. The van der Waals surface area contributed by atoms with Crippen LogP contribution >= 0.6 is 12.2 Å². The standard InChI is InChI=1S/C28H31N3O4S/c1-2-3-4-8-17-34-23-15-13-22(14-16-23)31-26(32)19-25(27(31)33)30(20-24-12-9-18-35-24)28(36)29-21-10-6-5-7-11-21/h5-7,9-16,18,25H,2-4,8,17,19-20H2,1H3,(H,29,36). The van der Waals surface area contributed by atoms with Crippen molar-refractivity contribution in [1.82, 2.24) is 4.90 Å². The van der Waals surface area contributed by atoms with Crippen LogP contribution in [0.15, 0.2) is 77.4 Å². The Hall–Kier alpha value is -3.65. The Kier molecular flexibility index (Phi) is 8.73. The van der Waals surface area contributed by atoms with Crippen molar-refractivity contribution in [1.29, 1.82) is 0 Å². The molecule has 2 aromatic carbocycles. The lowest BCUT2D eigenvalue weighted by atomic mass is 10.2. The second kappa shape index (κ2) is 12.4. The number of anilines is 2. The summed E-state index contributed by atoms with van der Waals surface area (Å²) in [5, 5.41) is 3.52. The molecule has 8 heteroatoms. The van der Waals surface area contributed by atoms with Gasteiger partial charge >= 0.3 is 0 Å². The van der Waals surface area contributed by atoms with Crippen LogP contribution in [0.1, 0.15) is 44.8 Å². The van der Waals surface area contributed by atoms with Gasteiger partial charge in [0.1, 0.15) is 17.6 Å². The van der Waals surface area contributed by atoms with Crippen molar-refractivity contribution >= 4 is 40.5 Å². The number of carbonyl (C=O) groups is 2. The monoisotopic (exact) mass is 505 g/mol. The number of unbranched alkanes of at least 4 members (excludes halogenated alkanes) is 3. The molecule has 4 rings (SSSR count). The summed E-state index contributed by atoms with van der Waals surface area (Å²) >= 11 is 5.67. The molecule has 1 N–H and O–H groups in total. The first-order valence-electron chi connectivity index (χ1n) is 12.3. The first kappa shape index (κ1) is 25.4. The van der Waals surface area contributed by atoms with E-state index in [2.05, 4.69) is 12.2 Å². The molecule has 0 bridgehead atoms. The zero-order valence-electron chi connectivity index (χ0n) is 20.4. The van der Waals surface area contributed by atoms with E-state index in [4.69, 9.17) is 21.4 Å². The van der Waals surface area contributed by atoms with E-state index in [0.717, 1.165) is 24.3 Å². The van der Waals surface area contributed by atoms with Gasteiger partial charge in [-0.05, 0) is 67.2 Å². The molecule has 1 atom stereocenters. The van der Waals surface area contributed by atoms with Gasteiger partial charge in [-0.2, -0.15) is 0 Å². The number of nitrogens with one attached hydrogen (secondary N) is 1. The molecule has 1 saturated heterocycles. The fourth-order valence-corrected chi connectivity index (χ4v) is 4.46. The third kappa shape index (κ3) is 6.31. The molecule has 1 aromatic heterocycles. The number of hydrogen-bond acceptors (Lipinski definition) is 5. The van der Waals surface area contributed by atoms with E-state index in [1.807, 2.05) is 36.4 Å². The highest BCUT2D eigenvalue weighted by Crippen LogP contribution is 2.29. The topological polar surface area (TPSA) is 75.0 Å². The second-order valence-electron chi connectivity index (χ2n) is 8.69. The smallest absolute Gasteiger partial charge is 0.257 e. The van der Waals surface area contributed by atoms with Gasteiger partial charge in [0, 0.05) is 5.69 Å². The van der Waals surface area contributed by atoms with Gasteiger partial charge in [-0.25, -0.2) is 4.90 Å². The maximum absolute atomic E-state index is 13.5. The molecule has 0 spiro atoms. The Morgan fingerprint density at radius 1 is 1.06 bits per heavy atom. The fraction of sp³-hybridized carbons (Fsp3) is 0.321. The first-order chi connectivity index (χ1) is 17.6. The molecular formula is C28H31N3O4S. The Bertz CT molecular complexity index is 1150. The van der Waals surface area contributed by atoms with Crippen molar-refractivity contribution in [2.45, 2.75) is 51.6 Å². The summed E-state index contributed by atoms with van der Waals surface area (Å²) < 4.78 is 11.3. The summed E-state index contributed by atoms with van der Waals surface area (Å²) in [4.78, 5) is 29.5. The lowest BCUT2D eigenvalue weighted by Crippen LogP contribution is -2.46. The number of rotatable bonds is 11. The summed E-state index contributed by atoms with van der Waals surface area (Å²) in [5.41, 5.74) is 1.32. The minimum absolute atomic E-state index is 0.0197. The van der Waals surface area contributed by atoms with Gasteiger partial charge in [-0.1, -0.05) is 44.4 Å². The highest BCUT2D eigenvalue weighted by Gasteiger charge is 2.44. The van der Waals surface area contributed by atoms with Crippen LogP contribution in [0.2, 0.25) is 0 Å². The second-order valence-corrected chi connectivity index (χ2v) is 9.08. The number of thiocarbonyl (C=S) groups is 1. The van der Waals surface area contributed by atoms with Crippen LogP contribution < -0.4 is 15.0 Å². The van der Waals surface area contributed by atoms with E-state index in [1.165, 1.54) is 17.7 Å². The van der Waals surface area contributed by atoms with Crippen LogP contribution in [0, 0.1) is 0 Å². The fourth-order valence-electron chi connectivity index (χ4n) is 4.15. The number of carbonyl (C=O) groups excluding carboxylic acids is 2. The number of ether oxygens (including phenoxy) is 1. The van der Waals surface area contributed by atoms with Gasteiger partial charge in [0.2, 0.25) is 5.91 Å². The van der Waals surface area contributed by atoms with E-state index in [-0.39, 0.29) is 24.8 Å². The van der Waals surface area contributed by atoms with E-state index in [1.54, 1.807) is 41.5 Å². The third-order valence-corrected chi connectivity index (χ3v) is 6.39. The van der Waals surface area contributed by atoms with Crippen molar-refractivity contribution in [2.75, 3.05) is 16.8 Å². The minimum Gasteiger partial charge on any atom is -0.494 e. The van der Waals surface area contributed by atoms with Crippen molar-refractivity contribution in [3.8, 4) is 5.75 Å². The van der Waals surface area contributed by atoms with E-state index in [9.17, 15) is 9.59 Å². The summed E-state index contributed by atoms with van der Waals surface area (Å²) in [6.07, 6.45) is 6.11. The molecule has 1 fully saturated rings. The molecule has 0 aliphatic carbocycles. The minimum atomic E-state index is -0.749. The average molecular weight is 506 g/mol. The van der Waals surface area contributed by atoms with E-state index >= 15 is 0 Å². The molecule has 3 aromatic rings. The maximum Gasteiger partial charge on any atom is 0.257 e. The number of furan rings is 1. The molecule has 1 aliphatic heterocycles. The van der Waals surface area contributed by atoms with Crippen molar-refractivity contribution in [2.24, 2.45) is 0 Å². The summed E-state index contributed by atoms with van der Waals surface area (Å²) in [5.74, 6) is 0.770. The number of benzene rings is 2. The highest BCUT2D eigenvalue weighted by atomic mass is 32.1. The number of para-hydroxylation sites is 1. The van der Waals surface area contributed by atoms with E-state index in [0.29, 0.717) is 23.2 Å². The molecule has 7 nitrogen and oxygen atoms in total. The maximum atomic E-state index is 13.5. The Balaban J connectivity index is 1.47. The molecule has 2 heterocycles. The van der Waals surface area contributed by atoms with Gasteiger partial charge in [-0.3, -0.25) is 9.59 Å². The zero-order chi connectivity index (χ0) is 25.3. The van der Waals surface area contributed by atoms with Crippen LogP contribution in [0.4, 0.5) is 11.4 Å². The van der Waals surface area contributed by atoms with Crippen molar-refractivity contribution in [3.05, 3.63) is 78.8 Å². The van der Waals surface area contributed by atoms with Crippen molar-refractivity contribution in [3.63, 3.8) is 0 Å². The largest absolute Gasteiger partial charge is 0.494 e. The molecule has 2 amide bonds. The lowest BCUT2D eigenvalue weighted by molar-refractivity contribution is -0.122. The van der Waals surface area contributed by atoms with Crippen LogP contribution in [-0.4, -0.2) is 34.5 Å². The molecule has 36 heavy (non-hydrogen) atoms. The Morgan fingerprint density at radius 3 is 2.53 bits per heavy atom. The van der Waals surface area contributed by atoms with Gasteiger partial charge in [0.25, 0.3) is 5.91 Å². The Morgan fingerprint density at radius 2 is 1.83 bits per heavy atom. The average Bonchev–Trinajstić information content (AvgIpc) is 3.50. The van der Waals surface area contributed by atoms with Gasteiger partial charge < -0.3 is 19.4 Å². The van der Waals surface area contributed by atoms with Crippen molar-refractivity contribution < 1.29 is 18.7 Å².